The van der Waals surface area contributed by atoms with Crippen LogP contribution in [0.4, 0.5) is 5.69 Å². The van der Waals surface area contributed by atoms with Crippen LogP contribution in [0.15, 0.2) is 36.5 Å². The Hall–Kier alpha value is -1.19. The van der Waals surface area contributed by atoms with Crippen molar-refractivity contribution in [1.82, 2.24) is 10.2 Å². The third-order valence-corrected chi connectivity index (χ3v) is 1.98. The number of nitrogens with two attached hydrogens (primary N) is 1. The summed E-state index contributed by atoms with van der Waals surface area (Å²) in [5.41, 5.74) is 8.63. The highest BCUT2D eigenvalue weighted by Crippen LogP contribution is 2.12. The first kappa shape index (κ1) is 13.8. The van der Waals surface area contributed by atoms with E-state index in [0.717, 1.165) is 17.8 Å². The number of nitrogen functional groups attached to an aromatic ring is 1. The van der Waals surface area contributed by atoms with Crippen LogP contribution in [-0.2, 0) is 6.42 Å². The van der Waals surface area contributed by atoms with Crippen LogP contribution in [0.3, 0.4) is 0 Å². The number of hydrogen-bond acceptors (Lipinski definition) is 2. The van der Waals surface area contributed by atoms with Crippen LogP contribution >= 0.6 is 24.8 Å². The van der Waals surface area contributed by atoms with Crippen molar-refractivity contribution in [2.45, 2.75) is 6.42 Å². The molecule has 15 heavy (non-hydrogen) atoms. The predicted octanol–water partition coefficient (Wildman–Crippen LogP) is 2.43. The maximum atomic E-state index is 5.69. The maximum Gasteiger partial charge on any atom is 0.0733 e. The fourth-order valence-corrected chi connectivity index (χ4v) is 1.26. The Kier molecular flexibility index (Phi) is 5.82. The number of benzene rings is 1. The van der Waals surface area contributed by atoms with Crippen molar-refractivity contribution in [2.24, 2.45) is 0 Å². The molecule has 82 valence electrons. The van der Waals surface area contributed by atoms with Crippen LogP contribution in [-0.4, -0.2) is 10.2 Å². The number of H-pyrrole nitrogens is 1. The van der Waals surface area contributed by atoms with Gasteiger partial charge in [0.1, 0.15) is 0 Å². The molecule has 0 bridgehead atoms. The Balaban J connectivity index is 0.000000980. The lowest BCUT2D eigenvalue weighted by Crippen LogP contribution is -1.93. The molecule has 3 N–H and O–H groups in total. The van der Waals surface area contributed by atoms with Gasteiger partial charge in [-0.2, -0.15) is 5.10 Å². The number of anilines is 1. The second kappa shape index (κ2) is 6.32. The molecule has 0 spiro atoms. The molecule has 1 aromatic heterocycles. The molecule has 0 fully saturated rings. The average Bonchev–Trinajstić information content (AvgIpc) is 2.54. The van der Waals surface area contributed by atoms with Crippen LogP contribution in [0.5, 0.6) is 0 Å². The predicted molar refractivity (Wildman–Crippen MR) is 66.7 cm³/mol. The topological polar surface area (TPSA) is 54.7 Å². The average molecular weight is 246 g/mol. The van der Waals surface area contributed by atoms with Crippen molar-refractivity contribution in [2.75, 3.05) is 5.73 Å². The number of aromatic nitrogens is 2. The van der Waals surface area contributed by atoms with Gasteiger partial charge >= 0.3 is 0 Å². The first-order valence-corrected chi connectivity index (χ1v) is 4.18. The van der Waals surface area contributed by atoms with Crippen molar-refractivity contribution in [3.63, 3.8) is 0 Å². The zero-order valence-electron chi connectivity index (χ0n) is 8.01. The van der Waals surface area contributed by atoms with Crippen molar-refractivity contribution >= 4 is 30.5 Å². The standard InChI is InChI=1S/C10H11N3.2ClH/c11-9-7-12-13-10(9)6-8-4-2-1-3-5-8;;/h1-5,7H,6,11H2,(H,12,13);2*1H. The molecule has 0 aliphatic rings. The van der Waals surface area contributed by atoms with Gasteiger partial charge in [0.25, 0.3) is 0 Å². The molecular formula is C10H13Cl2N3. The molecule has 0 saturated carbocycles. The number of halogens is 2. The Labute approximate surface area is 101 Å². The number of nitrogens with zero attached hydrogens (tertiary/aromatic N) is 1. The lowest BCUT2D eigenvalue weighted by Gasteiger charge is -1.98. The lowest BCUT2D eigenvalue weighted by molar-refractivity contribution is 0.997. The van der Waals surface area contributed by atoms with E-state index in [4.69, 9.17) is 5.73 Å². The van der Waals surface area contributed by atoms with Crippen molar-refractivity contribution in [3.05, 3.63) is 47.8 Å². The summed E-state index contributed by atoms with van der Waals surface area (Å²) >= 11 is 0. The first-order valence-electron chi connectivity index (χ1n) is 4.18. The van der Waals surface area contributed by atoms with E-state index in [1.165, 1.54) is 5.56 Å². The van der Waals surface area contributed by atoms with Gasteiger partial charge in [-0.3, -0.25) is 5.10 Å². The number of nitrogens with one attached hydrogen (secondary N) is 1. The molecule has 3 nitrogen and oxygen atoms in total. The van der Waals surface area contributed by atoms with E-state index in [9.17, 15) is 0 Å². The molecule has 0 amide bonds. The minimum atomic E-state index is 0. The van der Waals surface area contributed by atoms with E-state index < -0.39 is 0 Å². The highest BCUT2D eigenvalue weighted by molar-refractivity contribution is 5.85. The molecule has 0 aliphatic heterocycles. The van der Waals surface area contributed by atoms with E-state index in [1.54, 1.807) is 6.20 Å². The second-order valence-corrected chi connectivity index (χ2v) is 2.97. The first-order chi connectivity index (χ1) is 6.36. The highest BCUT2D eigenvalue weighted by Gasteiger charge is 2.01. The summed E-state index contributed by atoms with van der Waals surface area (Å²) in [5.74, 6) is 0. The number of hydrogen-bond donors (Lipinski definition) is 2. The molecule has 0 aliphatic carbocycles. The summed E-state index contributed by atoms with van der Waals surface area (Å²) in [6.07, 6.45) is 2.45. The molecule has 0 unspecified atom stereocenters. The summed E-state index contributed by atoms with van der Waals surface area (Å²) in [6.45, 7) is 0. The van der Waals surface area contributed by atoms with Crippen molar-refractivity contribution < 1.29 is 0 Å². The summed E-state index contributed by atoms with van der Waals surface area (Å²) < 4.78 is 0. The van der Waals surface area contributed by atoms with E-state index in [2.05, 4.69) is 22.3 Å². The fraction of sp³-hybridized carbons (Fsp3) is 0.100. The minimum Gasteiger partial charge on any atom is -0.396 e. The SMILES string of the molecule is Cl.Cl.Nc1cn[nH]c1Cc1ccccc1. The molecule has 0 radical (unpaired) electrons. The van der Waals surface area contributed by atoms with E-state index in [0.29, 0.717) is 0 Å². The fourth-order valence-electron chi connectivity index (χ4n) is 1.26. The zero-order valence-corrected chi connectivity index (χ0v) is 9.65. The van der Waals surface area contributed by atoms with Gasteiger partial charge < -0.3 is 5.73 Å². The molecule has 1 heterocycles. The Morgan fingerprint density at radius 1 is 1.13 bits per heavy atom. The lowest BCUT2D eigenvalue weighted by atomic mass is 10.1. The van der Waals surface area contributed by atoms with Gasteiger partial charge in [0.15, 0.2) is 0 Å². The zero-order chi connectivity index (χ0) is 9.10. The van der Waals surface area contributed by atoms with Gasteiger partial charge in [-0.05, 0) is 5.56 Å². The van der Waals surface area contributed by atoms with E-state index in [1.807, 2.05) is 18.2 Å². The van der Waals surface area contributed by atoms with Gasteiger partial charge in [-0.25, -0.2) is 0 Å². The molecule has 0 saturated heterocycles. The third kappa shape index (κ3) is 3.46. The molecule has 5 heteroatoms. The van der Waals surface area contributed by atoms with Gasteiger partial charge in [-0.15, -0.1) is 24.8 Å². The maximum absolute atomic E-state index is 5.69. The quantitative estimate of drug-likeness (QED) is 0.854. The Morgan fingerprint density at radius 3 is 2.33 bits per heavy atom. The van der Waals surface area contributed by atoms with Crippen LogP contribution < -0.4 is 5.73 Å². The van der Waals surface area contributed by atoms with Crippen LogP contribution in [0, 0.1) is 0 Å². The van der Waals surface area contributed by atoms with Crippen LogP contribution in [0.1, 0.15) is 11.3 Å². The third-order valence-electron chi connectivity index (χ3n) is 1.98. The largest absolute Gasteiger partial charge is 0.396 e. The number of aromatic amines is 1. The number of rotatable bonds is 2. The van der Waals surface area contributed by atoms with Crippen LogP contribution in [0.25, 0.3) is 0 Å². The van der Waals surface area contributed by atoms with Gasteiger partial charge in [0.05, 0.1) is 17.6 Å². The van der Waals surface area contributed by atoms with E-state index >= 15 is 0 Å². The second-order valence-electron chi connectivity index (χ2n) is 2.97. The van der Waals surface area contributed by atoms with Gasteiger partial charge in [0.2, 0.25) is 0 Å². The van der Waals surface area contributed by atoms with Crippen molar-refractivity contribution in [1.29, 1.82) is 0 Å². The Morgan fingerprint density at radius 2 is 1.80 bits per heavy atom. The van der Waals surface area contributed by atoms with Crippen molar-refractivity contribution in [3.8, 4) is 0 Å². The van der Waals surface area contributed by atoms with Crippen LogP contribution in [0.2, 0.25) is 0 Å². The van der Waals surface area contributed by atoms with Gasteiger partial charge in [-0.1, -0.05) is 30.3 Å². The summed E-state index contributed by atoms with van der Waals surface area (Å²) in [5, 5.41) is 6.75. The smallest absolute Gasteiger partial charge is 0.0733 e. The molecule has 2 rings (SSSR count). The summed E-state index contributed by atoms with van der Waals surface area (Å²) in [7, 11) is 0. The van der Waals surface area contributed by atoms with E-state index in [-0.39, 0.29) is 24.8 Å². The summed E-state index contributed by atoms with van der Waals surface area (Å²) in [6, 6.07) is 10.2. The molecular weight excluding hydrogens is 233 g/mol. The molecule has 1 aromatic carbocycles. The molecule has 2 aromatic rings. The van der Waals surface area contributed by atoms with Gasteiger partial charge in [0, 0.05) is 6.42 Å². The Bertz CT molecular complexity index is 387. The monoisotopic (exact) mass is 245 g/mol. The normalized spacial score (nSPS) is 8.80. The summed E-state index contributed by atoms with van der Waals surface area (Å²) in [4.78, 5) is 0. The highest BCUT2D eigenvalue weighted by atomic mass is 35.5. The minimum absolute atomic E-state index is 0. The molecule has 0 atom stereocenters.